The Morgan fingerprint density at radius 3 is 2.50 bits per heavy atom. The summed E-state index contributed by atoms with van der Waals surface area (Å²) in [6, 6.07) is 0. The van der Waals surface area contributed by atoms with Crippen molar-refractivity contribution in [2.24, 2.45) is 0 Å². The lowest BCUT2D eigenvalue weighted by Gasteiger charge is -2.10. The number of hydrogen-bond acceptors (Lipinski definition) is 0. The van der Waals surface area contributed by atoms with Crippen LogP contribution in [0.4, 0.5) is 0 Å². The highest BCUT2D eigenvalue weighted by molar-refractivity contribution is 7.43. The van der Waals surface area contributed by atoms with Gasteiger partial charge >= 0.3 is 0 Å². The van der Waals surface area contributed by atoms with Gasteiger partial charge in [-0.05, 0) is 19.0 Å². The molecule has 0 aromatic heterocycles. The van der Waals surface area contributed by atoms with E-state index in [1.807, 2.05) is 0 Å². The van der Waals surface area contributed by atoms with Gasteiger partial charge in [0.2, 0.25) is 0 Å². The highest BCUT2D eigenvalue weighted by Gasteiger charge is 2.13. The summed E-state index contributed by atoms with van der Waals surface area (Å²) in [5.41, 5.74) is 2.60. The van der Waals surface area contributed by atoms with Crippen molar-refractivity contribution in [3.8, 4) is 0 Å². The van der Waals surface area contributed by atoms with Crippen LogP contribution in [-0.4, -0.2) is 14.2 Å². The van der Waals surface area contributed by atoms with Gasteiger partial charge in [-0.2, -0.15) is 0 Å². The fraction of sp³-hybridized carbons (Fsp3) is 0.750. The van der Waals surface area contributed by atoms with Gasteiger partial charge < -0.3 is 0 Å². The Morgan fingerprint density at radius 1 is 1.40 bits per heavy atom. The van der Waals surface area contributed by atoms with Crippen LogP contribution in [0.3, 0.4) is 0 Å². The molecule has 58 valence electrons. The predicted molar refractivity (Wildman–Crippen MR) is 53.8 cm³/mol. The molecule has 1 rings (SSSR count). The van der Waals surface area contributed by atoms with Crippen molar-refractivity contribution in [2.75, 3.05) is 6.16 Å². The Balaban J connectivity index is 2.53. The summed E-state index contributed by atoms with van der Waals surface area (Å²) in [4.78, 5) is 0. The molecule has 1 unspecified atom stereocenters. The highest BCUT2D eigenvalue weighted by atomic mass is 31.1. The normalized spacial score (nSPS) is 26.5. The van der Waals surface area contributed by atoms with Crippen LogP contribution in [-0.2, 0) is 0 Å². The third kappa shape index (κ3) is 2.98. The molecule has 1 atom stereocenters. The summed E-state index contributed by atoms with van der Waals surface area (Å²) in [6.07, 6.45) is 4.33. The average molecular weight is 172 g/mol. The Hall–Kier alpha value is 0.387. The second-order valence-corrected chi connectivity index (χ2v) is 10.6. The molecular formula is C8H17PSi. The Morgan fingerprint density at radius 2 is 2.10 bits per heavy atom. The lowest BCUT2D eigenvalue weighted by molar-refractivity contribution is 0.996. The highest BCUT2D eigenvalue weighted by Crippen LogP contribution is 2.37. The summed E-state index contributed by atoms with van der Waals surface area (Å²) in [5.74, 6) is 0. The lowest BCUT2D eigenvalue weighted by Crippen LogP contribution is -2.15. The van der Waals surface area contributed by atoms with E-state index in [4.69, 9.17) is 0 Å². The molecule has 10 heavy (non-hydrogen) atoms. The SMILES string of the molecule is C[Si](C)(C)/C=C1/CCCP1. The van der Waals surface area contributed by atoms with Crippen LogP contribution in [0.5, 0.6) is 0 Å². The topological polar surface area (TPSA) is 0 Å². The molecule has 0 aliphatic carbocycles. The van der Waals surface area contributed by atoms with Gasteiger partial charge in [-0.3, -0.25) is 0 Å². The third-order valence-corrected chi connectivity index (χ3v) is 4.54. The average Bonchev–Trinajstić information content (AvgIpc) is 2.12. The Labute approximate surface area is 66.9 Å². The molecule has 0 nitrogen and oxygen atoms in total. The van der Waals surface area contributed by atoms with Crippen molar-refractivity contribution < 1.29 is 0 Å². The quantitative estimate of drug-likeness (QED) is 0.421. The smallest absolute Gasteiger partial charge is 0.0690 e. The molecule has 0 radical (unpaired) electrons. The first-order chi connectivity index (χ1) is 4.58. The Kier molecular flexibility index (Phi) is 2.71. The van der Waals surface area contributed by atoms with Gasteiger partial charge in [0, 0.05) is 0 Å². The number of allylic oxidation sites excluding steroid dienone is 1. The van der Waals surface area contributed by atoms with Crippen molar-refractivity contribution in [2.45, 2.75) is 32.5 Å². The van der Waals surface area contributed by atoms with E-state index in [1.54, 1.807) is 5.31 Å². The van der Waals surface area contributed by atoms with E-state index >= 15 is 0 Å². The standard InChI is InChI=1S/C8H17PSi/c1-10(2,3)7-8-5-4-6-9-8/h7,9H,4-6H2,1-3H3/b8-7-. The Bertz CT molecular complexity index is 136. The molecule has 0 aromatic rings. The monoisotopic (exact) mass is 172 g/mol. The van der Waals surface area contributed by atoms with E-state index in [0.717, 1.165) is 0 Å². The van der Waals surface area contributed by atoms with Crippen LogP contribution in [0, 0.1) is 0 Å². The fourth-order valence-corrected chi connectivity index (χ4v) is 5.19. The van der Waals surface area contributed by atoms with Gasteiger partial charge in [-0.1, -0.05) is 39.2 Å². The largest absolute Gasteiger partial charge is 0.0956 e. The zero-order valence-corrected chi connectivity index (χ0v) is 9.20. The van der Waals surface area contributed by atoms with E-state index in [2.05, 4.69) is 25.3 Å². The molecule has 0 spiro atoms. The lowest BCUT2D eigenvalue weighted by atomic mass is 10.3. The molecule has 1 fully saturated rings. The minimum Gasteiger partial charge on any atom is -0.0956 e. The molecule has 0 amide bonds. The summed E-state index contributed by atoms with van der Waals surface area (Å²) in [7, 11) is 0.292. The first-order valence-corrected chi connectivity index (χ1v) is 8.82. The number of rotatable bonds is 1. The van der Waals surface area contributed by atoms with E-state index in [-0.39, 0.29) is 0 Å². The fourth-order valence-electron chi connectivity index (χ4n) is 1.26. The maximum Gasteiger partial charge on any atom is 0.0690 e. The molecule has 1 aliphatic heterocycles. The molecule has 1 aliphatic rings. The van der Waals surface area contributed by atoms with E-state index < -0.39 is 8.07 Å². The molecule has 0 bridgehead atoms. The van der Waals surface area contributed by atoms with Gasteiger partial charge in [-0.25, -0.2) is 0 Å². The summed E-state index contributed by atoms with van der Waals surface area (Å²) in [5, 5.41) is 1.78. The van der Waals surface area contributed by atoms with Gasteiger partial charge in [0.1, 0.15) is 0 Å². The molecule has 1 heterocycles. The second-order valence-electron chi connectivity index (χ2n) is 4.07. The van der Waals surface area contributed by atoms with Crippen LogP contribution in [0.25, 0.3) is 0 Å². The van der Waals surface area contributed by atoms with Gasteiger partial charge in [0.15, 0.2) is 0 Å². The van der Waals surface area contributed by atoms with E-state index in [9.17, 15) is 0 Å². The van der Waals surface area contributed by atoms with Crippen molar-refractivity contribution in [1.29, 1.82) is 0 Å². The van der Waals surface area contributed by atoms with Crippen molar-refractivity contribution in [3.05, 3.63) is 11.0 Å². The van der Waals surface area contributed by atoms with Crippen LogP contribution >= 0.6 is 8.58 Å². The molecule has 0 saturated carbocycles. The summed E-state index contributed by atoms with van der Waals surface area (Å²) in [6.45, 7) is 7.26. The van der Waals surface area contributed by atoms with Gasteiger partial charge in [0.05, 0.1) is 8.07 Å². The molecular weight excluding hydrogens is 155 g/mol. The van der Waals surface area contributed by atoms with Crippen LogP contribution in [0.2, 0.25) is 19.6 Å². The molecule has 0 aromatic carbocycles. The summed E-state index contributed by atoms with van der Waals surface area (Å²) >= 11 is 0. The predicted octanol–water partition coefficient (Wildman–Crippen LogP) is 3.22. The molecule has 0 N–H and O–H groups in total. The van der Waals surface area contributed by atoms with E-state index in [0.29, 0.717) is 0 Å². The summed E-state index contributed by atoms with van der Waals surface area (Å²) < 4.78 is 0. The maximum atomic E-state index is 2.60. The van der Waals surface area contributed by atoms with Crippen molar-refractivity contribution in [1.82, 2.24) is 0 Å². The van der Waals surface area contributed by atoms with E-state index in [1.165, 1.54) is 27.6 Å². The minimum atomic E-state index is -0.877. The second kappa shape index (κ2) is 3.19. The van der Waals surface area contributed by atoms with Crippen molar-refractivity contribution in [3.63, 3.8) is 0 Å². The zero-order chi connectivity index (χ0) is 7.61. The first-order valence-electron chi connectivity index (χ1n) is 4.03. The van der Waals surface area contributed by atoms with Crippen LogP contribution < -0.4 is 0 Å². The van der Waals surface area contributed by atoms with Crippen LogP contribution in [0.15, 0.2) is 11.0 Å². The molecule has 2 heteroatoms. The third-order valence-electron chi connectivity index (χ3n) is 1.58. The maximum absolute atomic E-state index is 2.60. The minimum absolute atomic E-state index is 0.877. The van der Waals surface area contributed by atoms with Gasteiger partial charge in [-0.15, -0.1) is 0 Å². The molecule has 1 saturated heterocycles. The first kappa shape index (κ1) is 8.48. The van der Waals surface area contributed by atoms with Gasteiger partial charge in [0.25, 0.3) is 0 Å². The zero-order valence-electron chi connectivity index (χ0n) is 7.20. The van der Waals surface area contributed by atoms with Crippen molar-refractivity contribution >= 4 is 16.7 Å². The number of hydrogen-bond donors (Lipinski definition) is 0. The van der Waals surface area contributed by atoms with Crippen LogP contribution in [0.1, 0.15) is 12.8 Å².